The van der Waals surface area contributed by atoms with E-state index in [0.29, 0.717) is 0 Å². The van der Waals surface area contributed by atoms with E-state index >= 15 is 0 Å². The van der Waals surface area contributed by atoms with E-state index in [1.807, 2.05) is 43.9 Å². The second kappa shape index (κ2) is 6.13. The molecular formula is C21H20N2O2. The van der Waals surface area contributed by atoms with Gasteiger partial charge >= 0.3 is 0 Å². The third-order valence-electron chi connectivity index (χ3n) is 4.64. The quantitative estimate of drug-likeness (QED) is 0.647. The second-order valence-electron chi connectivity index (χ2n) is 6.30. The Balaban J connectivity index is 1.66. The summed E-state index contributed by atoms with van der Waals surface area (Å²) in [6.07, 6.45) is 1.53. The molecule has 1 aliphatic heterocycles. The third-order valence-corrected chi connectivity index (χ3v) is 4.64. The molecule has 0 N–H and O–H groups in total. The molecule has 25 heavy (non-hydrogen) atoms. The van der Waals surface area contributed by atoms with Crippen LogP contribution in [-0.4, -0.2) is 5.16 Å². The van der Waals surface area contributed by atoms with E-state index in [1.54, 1.807) is 6.26 Å². The standard InChI is InChI=1S/C21H20N2O2/c1-14-13-24-21(23(14)20-15(2)16(3)22-25-20)19-11-9-18(10-12-19)17-7-5-4-6-8-17/h4-13,21H,1-3H3. The van der Waals surface area contributed by atoms with Gasteiger partial charge in [0.2, 0.25) is 12.1 Å². The predicted octanol–water partition coefficient (Wildman–Crippen LogP) is 5.36. The summed E-state index contributed by atoms with van der Waals surface area (Å²) in [5.41, 5.74) is 6.38. The highest BCUT2D eigenvalue weighted by atomic mass is 16.5. The third kappa shape index (κ3) is 2.70. The Morgan fingerprint density at radius 3 is 2.20 bits per heavy atom. The fraction of sp³-hybridized carbons (Fsp3) is 0.190. The van der Waals surface area contributed by atoms with Gasteiger partial charge in [0.15, 0.2) is 0 Å². The van der Waals surface area contributed by atoms with Crippen LogP contribution in [0.5, 0.6) is 0 Å². The molecule has 0 spiro atoms. The zero-order chi connectivity index (χ0) is 17.4. The summed E-state index contributed by atoms with van der Waals surface area (Å²) >= 11 is 0. The van der Waals surface area contributed by atoms with Crippen LogP contribution >= 0.6 is 0 Å². The van der Waals surface area contributed by atoms with Crippen LogP contribution in [0.2, 0.25) is 0 Å². The maximum atomic E-state index is 5.90. The van der Waals surface area contributed by atoms with Gasteiger partial charge in [-0.15, -0.1) is 0 Å². The minimum atomic E-state index is -0.240. The first-order valence-corrected chi connectivity index (χ1v) is 8.35. The fourth-order valence-corrected chi connectivity index (χ4v) is 3.06. The molecule has 1 atom stereocenters. The molecule has 3 aromatic rings. The first-order chi connectivity index (χ1) is 12.1. The summed E-state index contributed by atoms with van der Waals surface area (Å²) in [6.45, 7) is 5.97. The van der Waals surface area contributed by atoms with Gasteiger partial charge < -0.3 is 9.26 Å². The number of rotatable bonds is 3. The van der Waals surface area contributed by atoms with Crippen LogP contribution < -0.4 is 4.90 Å². The Morgan fingerprint density at radius 1 is 0.880 bits per heavy atom. The van der Waals surface area contributed by atoms with Crippen molar-refractivity contribution in [2.45, 2.75) is 27.0 Å². The molecule has 1 aliphatic rings. The zero-order valence-electron chi connectivity index (χ0n) is 14.6. The van der Waals surface area contributed by atoms with E-state index in [-0.39, 0.29) is 6.23 Å². The highest BCUT2D eigenvalue weighted by molar-refractivity contribution is 5.64. The normalized spacial score (nSPS) is 16.7. The lowest BCUT2D eigenvalue weighted by atomic mass is 10.0. The molecular weight excluding hydrogens is 312 g/mol. The zero-order valence-corrected chi connectivity index (χ0v) is 14.6. The molecule has 0 fully saturated rings. The molecule has 4 heteroatoms. The van der Waals surface area contributed by atoms with Crippen molar-refractivity contribution in [3.05, 3.63) is 83.4 Å². The topological polar surface area (TPSA) is 38.5 Å². The number of anilines is 1. The maximum Gasteiger partial charge on any atom is 0.237 e. The van der Waals surface area contributed by atoms with Crippen molar-refractivity contribution in [2.75, 3.05) is 4.90 Å². The summed E-state index contributed by atoms with van der Waals surface area (Å²) in [5.74, 6) is 0.737. The van der Waals surface area contributed by atoms with Gasteiger partial charge in [-0.1, -0.05) is 59.8 Å². The minimum Gasteiger partial charge on any atom is -0.472 e. The molecule has 1 aromatic heterocycles. The smallest absolute Gasteiger partial charge is 0.237 e. The first-order valence-electron chi connectivity index (χ1n) is 8.35. The minimum absolute atomic E-state index is 0.240. The van der Waals surface area contributed by atoms with Crippen molar-refractivity contribution in [1.29, 1.82) is 0 Å². The lowest BCUT2D eigenvalue weighted by Crippen LogP contribution is -2.23. The fourth-order valence-electron chi connectivity index (χ4n) is 3.06. The number of hydrogen-bond acceptors (Lipinski definition) is 4. The number of ether oxygens (including phenoxy) is 1. The van der Waals surface area contributed by atoms with Crippen LogP contribution in [0.3, 0.4) is 0 Å². The number of allylic oxidation sites excluding steroid dienone is 1. The molecule has 2 aromatic carbocycles. The molecule has 2 heterocycles. The first kappa shape index (κ1) is 15.5. The number of aryl methyl sites for hydroxylation is 1. The van der Waals surface area contributed by atoms with Gasteiger partial charge in [0.05, 0.1) is 11.4 Å². The Kier molecular flexibility index (Phi) is 3.80. The van der Waals surface area contributed by atoms with Crippen LogP contribution in [0.4, 0.5) is 5.88 Å². The summed E-state index contributed by atoms with van der Waals surface area (Å²) in [6, 6.07) is 18.8. The molecule has 0 aliphatic carbocycles. The van der Waals surface area contributed by atoms with E-state index < -0.39 is 0 Å². The second-order valence-corrected chi connectivity index (χ2v) is 6.30. The SMILES string of the molecule is CC1=COC(c2ccc(-c3ccccc3)cc2)N1c1onc(C)c1C. The van der Waals surface area contributed by atoms with Crippen LogP contribution in [0, 0.1) is 13.8 Å². The van der Waals surface area contributed by atoms with Gasteiger partial charge in [-0.2, -0.15) is 0 Å². The number of nitrogens with zero attached hydrogens (tertiary/aromatic N) is 2. The Morgan fingerprint density at radius 2 is 1.56 bits per heavy atom. The van der Waals surface area contributed by atoms with Gasteiger partial charge in [0.1, 0.15) is 6.26 Å². The van der Waals surface area contributed by atoms with E-state index in [0.717, 1.165) is 28.4 Å². The van der Waals surface area contributed by atoms with Gasteiger partial charge in [-0.25, -0.2) is 0 Å². The molecule has 126 valence electrons. The Hall–Kier alpha value is -3.01. The van der Waals surface area contributed by atoms with E-state index in [2.05, 4.69) is 41.6 Å². The summed E-state index contributed by atoms with van der Waals surface area (Å²) in [4.78, 5) is 2.05. The lowest BCUT2D eigenvalue weighted by Gasteiger charge is -2.24. The number of benzene rings is 2. The van der Waals surface area contributed by atoms with Crippen molar-refractivity contribution in [3.8, 4) is 11.1 Å². The summed E-state index contributed by atoms with van der Waals surface area (Å²) < 4.78 is 11.5. The van der Waals surface area contributed by atoms with Crippen LogP contribution in [0.15, 0.2) is 71.1 Å². The molecule has 0 bridgehead atoms. The molecule has 1 unspecified atom stereocenters. The number of hydrogen-bond donors (Lipinski definition) is 0. The highest BCUT2D eigenvalue weighted by Gasteiger charge is 2.32. The Labute approximate surface area is 147 Å². The Bertz CT molecular complexity index is 911. The van der Waals surface area contributed by atoms with Crippen molar-refractivity contribution in [1.82, 2.24) is 5.16 Å². The summed E-state index contributed by atoms with van der Waals surface area (Å²) in [5, 5.41) is 4.08. The van der Waals surface area contributed by atoms with Crippen molar-refractivity contribution < 1.29 is 9.26 Å². The molecule has 4 nitrogen and oxygen atoms in total. The van der Waals surface area contributed by atoms with Crippen LogP contribution in [-0.2, 0) is 4.74 Å². The van der Waals surface area contributed by atoms with Crippen molar-refractivity contribution in [2.24, 2.45) is 0 Å². The highest BCUT2D eigenvalue weighted by Crippen LogP contribution is 2.39. The van der Waals surface area contributed by atoms with Gasteiger partial charge in [0.25, 0.3) is 0 Å². The maximum absolute atomic E-state index is 5.90. The molecule has 0 saturated carbocycles. The molecule has 4 rings (SSSR count). The van der Waals surface area contributed by atoms with Crippen molar-refractivity contribution in [3.63, 3.8) is 0 Å². The van der Waals surface area contributed by atoms with E-state index in [9.17, 15) is 0 Å². The van der Waals surface area contributed by atoms with Crippen LogP contribution in [0.1, 0.15) is 30.0 Å². The lowest BCUT2D eigenvalue weighted by molar-refractivity contribution is 0.169. The predicted molar refractivity (Wildman–Crippen MR) is 97.9 cm³/mol. The monoisotopic (exact) mass is 332 g/mol. The molecule has 0 amide bonds. The number of aromatic nitrogens is 1. The van der Waals surface area contributed by atoms with Gasteiger partial charge in [-0.3, -0.25) is 4.90 Å². The van der Waals surface area contributed by atoms with Crippen LogP contribution in [0.25, 0.3) is 11.1 Å². The van der Waals surface area contributed by atoms with Gasteiger partial charge in [-0.05, 0) is 31.9 Å². The van der Waals surface area contributed by atoms with Gasteiger partial charge in [0, 0.05) is 11.1 Å². The van der Waals surface area contributed by atoms with Crippen molar-refractivity contribution >= 4 is 5.88 Å². The summed E-state index contributed by atoms with van der Waals surface area (Å²) in [7, 11) is 0. The molecule has 0 radical (unpaired) electrons. The average Bonchev–Trinajstić information content (AvgIpc) is 3.18. The van der Waals surface area contributed by atoms with E-state index in [1.165, 1.54) is 11.1 Å². The van der Waals surface area contributed by atoms with E-state index in [4.69, 9.17) is 9.26 Å². The molecule has 0 saturated heterocycles. The largest absolute Gasteiger partial charge is 0.472 e. The average molecular weight is 332 g/mol.